The number of aliphatic hydroxyl groups excluding tert-OH is 1. The Bertz CT molecular complexity index is 884. The van der Waals surface area contributed by atoms with Crippen LogP contribution in [0.1, 0.15) is 194 Å². The minimum Gasteiger partial charge on any atom is -0.463 e. The highest BCUT2D eigenvalue weighted by molar-refractivity contribution is 5.69. The van der Waals surface area contributed by atoms with E-state index in [1.807, 2.05) is 0 Å². The number of hydrogen-bond donors (Lipinski definition) is 1. The van der Waals surface area contributed by atoms with Crippen molar-refractivity contribution in [2.75, 3.05) is 13.2 Å². The number of carbonyl (C=O) groups is 2. The van der Waals surface area contributed by atoms with E-state index in [9.17, 15) is 14.7 Å². The normalized spacial score (nSPS) is 12.8. The van der Waals surface area contributed by atoms with E-state index in [1.54, 1.807) is 0 Å². The molecule has 5 heteroatoms. The number of ether oxygens (including phenoxy) is 2. The van der Waals surface area contributed by atoms with E-state index in [4.69, 9.17) is 9.47 Å². The van der Waals surface area contributed by atoms with Gasteiger partial charge in [0.05, 0.1) is 0 Å². The molecule has 0 aromatic heterocycles. The number of allylic oxidation sites excluding steroid dienone is 10. The SMILES string of the molecule is CC/C=C\C/C=C\C/C=C\C/C=C\C/C=C\CCCC(=O)OC[C@H](O)COC(=O)CCCCCCCCCCCCCCCCCCCCC. The van der Waals surface area contributed by atoms with Gasteiger partial charge in [0.2, 0.25) is 0 Å². The lowest BCUT2D eigenvalue weighted by atomic mass is 10.0. The molecule has 0 aliphatic heterocycles. The van der Waals surface area contributed by atoms with Crippen LogP contribution in [0, 0.1) is 0 Å². The highest BCUT2D eigenvalue weighted by Crippen LogP contribution is 2.15. The lowest BCUT2D eigenvalue weighted by molar-refractivity contribution is -0.152. The summed E-state index contributed by atoms with van der Waals surface area (Å²) < 4.78 is 10.3. The molecular formula is C45H78O5. The zero-order valence-electron chi connectivity index (χ0n) is 32.6. The Hall–Kier alpha value is -2.40. The first-order valence-corrected chi connectivity index (χ1v) is 20.8. The van der Waals surface area contributed by atoms with Crippen LogP contribution < -0.4 is 0 Å². The molecule has 1 N–H and O–H groups in total. The third kappa shape index (κ3) is 40.0. The van der Waals surface area contributed by atoms with Crippen molar-refractivity contribution in [2.45, 2.75) is 200 Å². The van der Waals surface area contributed by atoms with Crippen LogP contribution in [0.4, 0.5) is 0 Å². The van der Waals surface area contributed by atoms with Crippen molar-refractivity contribution in [1.82, 2.24) is 0 Å². The predicted octanol–water partition coefficient (Wildman–Crippen LogP) is 13.2. The van der Waals surface area contributed by atoms with Crippen molar-refractivity contribution in [2.24, 2.45) is 0 Å². The minimum absolute atomic E-state index is 0.134. The van der Waals surface area contributed by atoms with Gasteiger partial charge in [-0.25, -0.2) is 0 Å². The Labute approximate surface area is 309 Å². The molecule has 50 heavy (non-hydrogen) atoms. The van der Waals surface area contributed by atoms with Crippen LogP contribution in [0.2, 0.25) is 0 Å². The van der Waals surface area contributed by atoms with E-state index in [-0.39, 0.29) is 25.2 Å². The molecule has 0 unspecified atom stereocenters. The minimum atomic E-state index is -0.987. The molecule has 0 aromatic carbocycles. The van der Waals surface area contributed by atoms with E-state index in [1.165, 1.54) is 103 Å². The van der Waals surface area contributed by atoms with Gasteiger partial charge in [0.25, 0.3) is 0 Å². The fourth-order valence-corrected chi connectivity index (χ4v) is 5.65. The van der Waals surface area contributed by atoms with Gasteiger partial charge >= 0.3 is 11.9 Å². The average Bonchev–Trinajstić information content (AvgIpc) is 3.12. The fraction of sp³-hybridized carbons (Fsp3) is 0.733. The third-order valence-corrected chi connectivity index (χ3v) is 8.77. The van der Waals surface area contributed by atoms with Gasteiger partial charge in [-0.2, -0.15) is 0 Å². The Balaban J connectivity index is 3.50. The van der Waals surface area contributed by atoms with Crippen LogP contribution in [-0.4, -0.2) is 36.4 Å². The molecule has 0 aliphatic rings. The maximum absolute atomic E-state index is 12.0. The van der Waals surface area contributed by atoms with Crippen LogP contribution in [0.25, 0.3) is 0 Å². The van der Waals surface area contributed by atoms with Crippen molar-refractivity contribution in [3.8, 4) is 0 Å². The lowest BCUT2D eigenvalue weighted by Gasteiger charge is -2.12. The van der Waals surface area contributed by atoms with Crippen LogP contribution >= 0.6 is 0 Å². The zero-order chi connectivity index (χ0) is 36.4. The molecule has 0 fully saturated rings. The second kappa shape index (κ2) is 41.0. The number of hydrogen-bond acceptors (Lipinski definition) is 5. The van der Waals surface area contributed by atoms with Gasteiger partial charge in [-0.3, -0.25) is 9.59 Å². The smallest absolute Gasteiger partial charge is 0.305 e. The first-order chi connectivity index (χ1) is 24.6. The van der Waals surface area contributed by atoms with Gasteiger partial charge in [0, 0.05) is 12.8 Å². The second-order valence-corrected chi connectivity index (χ2v) is 13.7. The monoisotopic (exact) mass is 699 g/mol. The number of aliphatic hydroxyl groups is 1. The van der Waals surface area contributed by atoms with Crippen LogP contribution in [0.15, 0.2) is 60.8 Å². The van der Waals surface area contributed by atoms with Gasteiger partial charge in [0.1, 0.15) is 19.3 Å². The lowest BCUT2D eigenvalue weighted by Crippen LogP contribution is -2.25. The molecule has 0 aliphatic carbocycles. The largest absolute Gasteiger partial charge is 0.463 e. The summed E-state index contributed by atoms with van der Waals surface area (Å²) in [4.78, 5) is 23.9. The van der Waals surface area contributed by atoms with E-state index in [0.29, 0.717) is 19.3 Å². The summed E-state index contributed by atoms with van der Waals surface area (Å²) in [7, 11) is 0. The standard InChI is InChI=1S/C45H78O5/c1-3-5-7-9-11-13-15-17-19-21-22-24-26-28-30-32-34-36-38-40-45(48)50-42-43(46)41-49-44(47)39-37-35-33-31-29-27-25-23-20-18-16-14-12-10-8-6-4-2/h6,8,12,14,18,20,25,27,31,33,43,46H,3-5,7,9-11,13,15-17,19,21-24,26,28-30,32,34-42H2,1-2H3/b8-6-,14-12-,20-18-,27-25-,33-31-/t43-/m0/s1. The van der Waals surface area contributed by atoms with Gasteiger partial charge < -0.3 is 14.6 Å². The maximum atomic E-state index is 12.0. The van der Waals surface area contributed by atoms with E-state index in [0.717, 1.165) is 57.8 Å². The molecule has 5 nitrogen and oxygen atoms in total. The summed E-state index contributed by atoms with van der Waals surface area (Å²) in [5.74, 6) is -0.628. The summed E-state index contributed by atoms with van der Waals surface area (Å²) in [6.07, 6.45) is 52.9. The highest BCUT2D eigenvalue weighted by atomic mass is 16.6. The Morgan fingerprint density at radius 1 is 0.440 bits per heavy atom. The van der Waals surface area contributed by atoms with E-state index >= 15 is 0 Å². The number of unbranched alkanes of at least 4 members (excludes halogenated alkanes) is 19. The molecule has 1 atom stereocenters. The van der Waals surface area contributed by atoms with Crippen LogP contribution in [-0.2, 0) is 19.1 Å². The molecule has 0 saturated carbocycles. The predicted molar refractivity (Wildman–Crippen MR) is 214 cm³/mol. The van der Waals surface area contributed by atoms with Crippen LogP contribution in [0.5, 0.6) is 0 Å². The van der Waals surface area contributed by atoms with Gasteiger partial charge in [0.15, 0.2) is 0 Å². The third-order valence-electron chi connectivity index (χ3n) is 8.77. The summed E-state index contributed by atoms with van der Waals surface area (Å²) >= 11 is 0. The van der Waals surface area contributed by atoms with Crippen molar-refractivity contribution in [3.63, 3.8) is 0 Å². The summed E-state index contributed by atoms with van der Waals surface area (Å²) in [6.45, 7) is 4.15. The Kier molecular flexibility index (Phi) is 39.1. The van der Waals surface area contributed by atoms with Gasteiger partial charge in [-0.05, 0) is 51.4 Å². The summed E-state index contributed by atoms with van der Waals surface area (Å²) in [5.41, 5.74) is 0. The first-order valence-electron chi connectivity index (χ1n) is 20.8. The fourth-order valence-electron chi connectivity index (χ4n) is 5.65. The van der Waals surface area contributed by atoms with Gasteiger partial charge in [-0.15, -0.1) is 0 Å². The molecule has 0 rings (SSSR count). The Morgan fingerprint density at radius 2 is 0.760 bits per heavy atom. The number of esters is 2. The van der Waals surface area contributed by atoms with Crippen molar-refractivity contribution < 1.29 is 24.2 Å². The number of rotatable bonds is 37. The van der Waals surface area contributed by atoms with Gasteiger partial charge in [-0.1, -0.05) is 190 Å². The molecule has 0 saturated heterocycles. The molecule has 0 aromatic rings. The quantitative estimate of drug-likeness (QED) is 0.0397. The molecule has 0 bridgehead atoms. The molecule has 288 valence electrons. The topological polar surface area (TPSA) is 72.8 Å². The van der Waals surface area contributed by atoms with Crippen LogP contribution in [0.3, 0.4) is 0 Å². The molecule has 0 amide bonds. The molecular weight excluding hydrogens is 620 g/mol. The molecule has 0 heterocycles. The van der Waals surface area contributed by atoms with E-state index in [2.05, 4.69) is 74.6 Å². The summed E-state index contributed by atoms with van der Waals surface area (Å²) in [5, 5.41) is 10.0. The Morgan fingerprint density at radius 3 is 1.14 bits per heavy atom. The van der Waals surface area contributed by atoms with Crippen molar-refractivity contribution in [3.05, 3.63) is 60.8 Å². The maximum Gasteiger partial charge on any atom is 0.305 e. The highest BCUT2D eigenvalue weighted by Gasteiger charge is 2.12. The molecule has 0 radical (unpaired) electrons. The number of carbonyl (C=O) groups excluding carboxylic acids is 2. The summed E-state index contributed by atoms with van der Waals surface area (Å²) in [6, 6.07) is 0. The van der Waals surface area contributed by atoms with Crippen molar-refractivity contribution in [1.29, 1.82) is 0 Å². The zero-order valence-corrected chi connectivity index (χ0v) is 32.6. The second-order valence-electron chi connectivity index (χ2n) is 13.7. The van der Waals surface area contributed by atoms with E-state index < -0.39 is 6.10 Å². The first kappa shape index (κ1) is 47.6. The molecule has 0 spiro atoms. The van der Waals surface area contributed by atoms with Crippen molar-refractivity contribution >= 4 is 11.9 Å². The average molecular weight is 699 g/mol.